The van der Waals surface area contributed by atoms with Crippen LogP contribution in [0.1, 0.15) is 25.0 Å². The zero-order valence-corrected chi connectivity index (χ0v) is 19.4. The molecule has 0 aromatic heterocycles. The van der Waals surface area contributed by atoms with Gasteiger partial charge < -0.3 is 15.5 Å². The molecule has 0 amide bonds. The van der Waals surface area contributed by atoms with Gasteiger partial charge >= 0.3 is 6.18 Å². The molecule has 4 rings (SSSR count). The minimum Gasteiger partial charge on any atom is -0.367 e. The average Bonchev–Trinajstić information content (AvgIpc) is 3.27. The molecule has 0 spiro atoms. The zero-order chi connectivity index (χ0) is 24.5. The highest BCUT2D eigenvalue weighted by Gasteiger charge is 2.38. The number of anilines is 1. The molecule has 0 unspecified atom stereocenters. The summed E-state index contributed by atoms with van der Waals surface area (Å²) in [4.78, 5) is 8.77. The van der Waals surface area contributed by atoms with Gasteiger partial charge in [0.15, 0.2) is 0 Å². The van der Waals surface area contributed by atoms with Crippen molar-refractivity contribution in [2.75, 3.05) is 25.5 Å². The molecule has 1 saturated heterocycles. The summed E-state index contributed by atoms with van der Waals surface area (Å²) in [6.45, 7) is 5.69. The molecule has 2 heterocycles. The number of nitrogens with zero attached hydrogens (tertiary/aromatic N) is 3. The van der Waals surface area contributed by atoms with Gasteiger partial charge in [-0.05, 0) is 35.7 Å². The van der Waals surface area contributed by atoms with E-state index in [-0.39, 0.29) is 6.04 Å². The van der Waals surface area contributed by atoms with Crippen molar-refractivity contribution in [1.82, 2.24) is 15.1 Å². The van der Waals surface area contributed by atoms with Crippen LogP contribution in [-0.2, 0) is 12.7 Å². The fourth-order valence-electron chi connectivity index (χ4n) is 4.02. The van der Waals surface area contributed by atoms with Gasteiger partial charge in [0.25, 0.3) is 0 Å². The summed E-state index contributed by atoms with van der Waals surface area (Å²) in [5, 5.41) is 15.6. The van der Waals surface area contributed by atoms with E-state index in [0.29, 0.717) is 42.8 Å². The first-order chi connectivity index (χ1) is 16.1. The minimum atomic E-state index is -4.36. The number of para-hydroxylation sites is 1. The Morgan fingerprint density at radius 3 is 2.41 bits per heavy atom. The smallest absolute Gasteiger partial charge is 0.367 e. The van der Waals surface area contributed by atoms with E-state index < -0.39 is 11.7 Å². The number of rotatable bonds is 6. The van der Waals surface area contributed by atoms with Crippen LogP contribution in [0.5, 0.6) is 0 Å². The molecular formula is C25H29F3N6. The van der Waals surface area contributed by atoms with E-state index >= 15 is 0 Å². The summed E-state index contributed by atoms with van der Waals surface area (Å²) in [6, 6.07) is 14.8. The van der Waals surface area contributed by atoms with Gasteiger partial charge in [-0.25, -0.2) is 4.99 Å². The van der Waals surface area contributed by atoms with Gasteiger partial charge in [-0.15, -0.1) is 0 Å². The number of guanidine groups is 1. The van der Waals surface area contributed by atoms with Gasteiger partial charge in [0, 0.05) is 19.3 Å². The van der Waals surface area contributed by atoms with Gasteiger partial charge in [0.2, 0.25) is 5.96 Å². The molecule has 180 valence electrons. The molecule has 0 saturated carbocycles. The maximum atomic E-state index is 12.9. The number of likely N-dealkylation sites (N-methyl/N-ethyl adjacent to an activating group) is 1. The number of nitrogens with one attached hydrogen (secondary N) is 3. The zero-order valence-electron chi connectivity index (χ0n) is 19.4. The van der Waals surface area contributed by atoms with Crippen LogP contribution in [0.3, 0.4) is 0 Å². The summed E-state index contributed by atoms with van der Waals surface area (Å²) in [7, 11) is 1.96. The average molecular weight is 471 g/mol. The highest BCUT2D eigenvalue weighted by atomic mass is 19.4. The largest absolute Gasteiger partial charge is 0.416 e. The number of alkyl halides is 3. The number of halogens is 3. The van der Waals surface area contributed by atoms with Crippen LogP contribution in [0.4, 0.5) is 18.9 Å². The van der Waals surface area contributed by atoms with Crippen LogP contribution >= 0.6 is 0 Å². The number of fused-ring (bicyclic) bond motifs is 1. The Labute approximate surface area is 197 Å². The van der Waals surface area contributed by atoms with E-state index in [9.17, 15) is 13.2 Å². The molecule has 2 aliphatic heterocycles. The minimum absolute atomic E-state index is 0.128. The van der Waals surface area contributed by atoms with Crippen molar-refractivity contribution in [2.45, 2.75) is 32.6 Å². The molecule has 1 atom stereocenters. The maximum absolute atomic E-state index is 12.9. The molecular weight excluding hydrogens is 441 g/mol. The van der Waals surface area contributed by atoms with Gasteiger partial charge in [-0.1, -0.05) is 44.2 Å². The Balaban J connectivity index is 1.61. The van der Waals surface area contributed by atoms with Gasteiger partial charge in [-0.2, -0.15) is 13.2 Å². The summed E-state index contributed by atoms with van der Waals surface area (Å²) in [6.07, 6.45) is -4.36. The van der Waals surface area contributed by atoms with Crippen LogP contribution in [0.2, 0.25) is 0 Å². The lowest BCUT2D eigenvalue weighted by atomic mass is 10.1. The summed E-state index contributed by atoms with van der Waals surface area (Å²) < 4.78 is 38.7. The number of aliphatic imine (C=N–C) groups is 1. The summed E-state index contributed by atoms with van der Waals surface area (Å²) in [5.74, 6) is 2.19. The van der Waals surface area contributed by atoms with Crippen molar-refractivity contribution in [3.8, 4) is 0 Å². The maximum Gasteiger partial charge on any atom is 0.416 e. The summed E-state index contributed by atoms with van der Waals surface area (Å²) in [5.41, 5.74) is 1.65. The van der Waals surface area contributed by atoms with Crippen molar-refractivity contribution >= 4 is 17.5 Å². The first kappa shape index (κ1) is 23.7. The van der Waals surface area contributed by atoms with Gasteiger partial charge in [-0.3, -0.25) is 10.3 Å². The van der Waals surface area contributed by atoms with Gasteiger partial charge in [0.05, 0.1) is 30.3 Å². The molecule has 2 aromatic carbocycles. The standard InChI is InChI=1S/C25H29F3N6/c1-16(2)21-15-34-22(29)20(14-33(3)24(34)32-21)23(31-19-7-5-4-6-8-19)30-13-17-9-11-18(12-10-17)25(26,27)28/h4-12,16,21,29-31H,13-15H2,1-3H3/b23-20+,29-22?/t21-/m0/s1. The molecule has 2 aliphatic rings. The highest BCUT2D eigenvalue weighted by Crippen LogP contribution is 2.29. The Kier molecular flexibility index (Phi) is 6.54. The third kappa shape index (κ3) is 5.03. The Bertz CT molecular complexity index is 1090. The van der Waals surface area contributed by atoms with Crippen molar-refractivity contribution < 1.29 is 13.2 Å². The van der Waals surface area contributed by atoms with Crippen molar-refractivity contribution in [3.63, 3.8) is 0 Å². The lowest BCUT2D eigenvalue weighted by Crippen LogP contribution is -2.52. The molecule has 1 fully saturated rings. The number of hydrogen-bond acceptors (Lipinski definition) is 5. The molecule has 9 heteroatoms. The van der Waals surface area contributed by atoms with Crippen LogP contribution < -0.4 is 10.6 Å². The summed E-state index contributed by atoms with van der Waals surface area (Å²) >= 11 is 0. The topological polar surface area (TPSA) is 66.8 Å². The van der Waals surface area contributed by atoms with E-state index in [0.717, 1.165) is 29.4 Å². The van der Waals surface area contributed by atoms with E-state index in [4.69, 9.17) is 10.4 Å². The SMILES string of the molecule is CC(C)[C@@H]1CN2C(=N)/C(=C(\NCc3ccc(C(F)(F)F)cc3)Nc3ccccc3)CN(C)C2=N1. The van der Waals surface area contributed by atoms with E-state index in [2.05, 4.69) is 24.5 Å². The van der Waals surface area contributed by atoms with Gasteiger partial charge in [0.1, 0.15) is 11.7 Å². The van der Waals surface area contributed by atoms with Crippen LogP contribution in [0.15, 0.2) is 71.0 Å². The number of benzene rings is 2. The number of amidine groups is 1. The Hall–Kier alpha value is -3.49. The third-order valence-corrected chi connectivity index (χ3v) is 6.05. The van der Waals surface area contributed by atoms with E-state index in [1.54, 1.807) is 0 Å². The van der Waals surface area contributed by atoms with E-state index in [1.807, 2.05) is 47.2 Å². The molecule has 34 heavy (non-hydrogen) atoms. The molecule has 2 aromatic rings. The Morgan fingerprint density at radius 2 is 1.79 bits per heavy atom. The Morgan fingerprint density at radius 1 is 1.12 bits per heavy atom. The predicted octanol–water partition coefficient (Wildman–Crippen LogP) is 4.74. The normalized spacial score (nSPS) is 19.8. The fraction of sp³-hybridized carbons (Fsp3) is 0.360. The van der Waals surface area contributed by atoms with Crippen molar-refractivity contribution in [2.24, 2.45) is 10.9 Å². The third-order valence-electron chi connectivity index (χ3n) is 6.05. The second-order valence-electron chi connectivity index (χ2n) is 8.95. The van der Waals surface area contributed by atoms with Crippen LogP contribution in [0.25, 0.3) is 0 Å². The van der Waals surface area contributed by atoms with Crippen molar-refractivity contribution in [1.29, 1.82) is 5.41 Å². The molecule has 6 nitrogen and oxygen atoms in total. The van der Waals surface area contributed by atoms with Crippen LogP contribution in [-0.4, -0.2) is 47.8 Å². The van der Waals surface area contributed by atoms with Crippen LogP contribution in [0, 0.1) is 11.3 Å². The van der Waals surface area contributed by atoms with E-state index in [1.165, 1.54) is 12.1 Å². The lowest BCUT2D eigenvalue weighted by molar-refractivity contribution is -0.137. The fourth-order valence-corrected chi connectivity index (χ4v) is 4.02. The quantitative estimate of drug-likeness (QED) is 0.571. The lowest BCUT2D eigenvalue weighted by Gasteiger charge is -2.36. The highest BCUT2D eigenvalue weighted by molar-refractivity contribution is 6.11. The first-order valence-electron chi connectivity index (χ1n) is 11.2. The predicted molar refractivity (Wildman–Crippen MR) is 128 cm³/mol. The van der Waals surface area contributed by atoms with Crippen molar-refractivity contribution in [3.05, 3.63) is 77.1 Å². The molecule has 0 aliphatic carbocycles. The molecule has 3 N–H and O–H groups in total. The molecule has 0 bridgehead atoms. The first-order valence-corrected chi connectivity index (χ1v) is 11.2. The number of hydrogen-bond donors (Lipinski definition) is 3. The molecule has 0 radical (unpaired) electrons. The monoisotopic (exact) mass is 470 g/mol. The second kappa shape index (κ2) is 9.40. The second-order valence-corrected chi connectivity index (χ2v) is 8.95.